The molecule has 0 aliphatic carbocycles. The van der Waals surface area contributed by atoms with Crippen LogP contribution in [-0.4, -0.2) is 46.4 Å². The Morgan fingerprint density at radius 2 is 1.85 bits per heavy atom. The Kier molecular flexibility index (Phi) is 6.46. The zero-order chi connectivity index (χ0) is 19.1. The SMILES string of the molecule is COCCNCCNC(=O)c1oc2cc(OC)ccc2c1-c1ccccc1. The number of amides is 1. The third kappa shape index (κ3) is 4.48. The second-order valence-electron chi connectivity index (χ2n) is 6.03. The molecule has 1 heterocycles. The van der Waals surface area contributed by atoms with Gasteiger partial charge < -0.3 is 24.5 Å². The van der Waals surface area contributed by atoms with E-state index in [0.29, 0.717) is 36.8 Å². The quantitative estimate of drug-likeness (QED) is 0.568. The van der Waals surface area contributed by atoms with Gasteiger partial charge in [0, 0.05) is 43.8 Å². The molecule has 0 fully saturated rings. The van der Waals surface area contributed by atoms with Crippen molar-refractivity contribution in [3.63, 3.8) is 0 Å². The molecule has 27 heavy (non-hydrogen) atoms. The third-order valence-electron chi connectivity index (χ3n) is 4.24. The third-order valence-corrected chi connectivity index (χ3v) is 4.24. The van der Waals surface area contributed by atoms with Crippen LogP contribution in [0.5, 0.6) is 5.75 Å². The van der Waals surface area contributed by atoms with Crippen molar-refractivity contribution in [1.82, 2.24) is 10.6 Å². The first kappa shape index (κ1) is 18.9. The minimum Gasteiger partial charge on any atom is -0.497 e. The van der Waals surface area contributed by atoms with E-state index in [0.717, 1.165) is 23.1 Å². The maximum Gasteiger partial charge on any atom is 0.287 e. The van der Waals surface area contributed by atoms with Crippen LogP contribution in [0.2, 0.25) is 0 Å². The first-order valence-electron chi connectivity index (χ1n) is 8.88. The average molecular weight is 368 g/mol. The molecule has 1 aromatic heterocycles. The normalized spacial score (nSPS) is 10.9. The van der Waals surface area contributed by atoms with Crippen molar-refractivity contribution in [2.45, 2.75) is 0 Å². The van der Waals surface area contributed by atoms with E-state index in [1.165, 1.54) is 0 Å². The molecule has 6 nitrogen and oxygen atoms in total. The highest BCUT2D eigenvalue weighted by atomic mass is 16.5. The summed E-state index contributed by atoms with van der Waals surface area (Å²) in [6, 6.07) is 15.4. The zero-order valence-corrected chi connectivity index (χ0v) is 15.6. The molecule has 0 radical (unpaired) electrons. The highest BCUT2D eigenvalue weighted by Crippen LogP contribution is 2.36. The molecule has 6 heteroatoms. The molecule has 2 N–H and O–H groups in total. The molecule has 2 aromatic carbocycles. The number of hydrogen-bond acceptors (Lipinski definition) is 5. The van der Waals surface area contributed by atoms with Crippen molar-refractivity contribution in [2.24, 2.45) is 0 Å². The summed E-state index contributed by atoms with van der Waals surface area (Å²) >= 11 is 0. The summed E-state index contributed by atoms with van der Waals surface area (Å²) in [5.74, 6) is 0.754. The van der Waals surface area contributed by atoms with Gasteiger partial charge in [-0.15, -0.1) is 0 Å². The second-order valence-corrected chi connectivity index (χ2v) is 6.03. The highest BCUT2D eigenvalue weighted by Gasteiger charge is 2.22. The van der Waals surface area contributed by atoms with Crippen LogP contribution in [0.3, 0.4) is 0 Å². The summed E-state index contributed by atoms with van der Waals surface area (Å²) in [7, 11) is 3.26. The Labute approximate surface area is 158 Å². The number of carbonyl (C=O) groups excluding carboxylic acids is 1. The molecule has 1 amide bonds. The Bertz CT molecular complexity index is 890. The molecule has 142 valence electrons. The smallest absolute Gasteiger partial charge is 0.287 e. The number of methoxy groups -OCH3 is 2. The molecule has 0 unspecified atom stereocenters. The van der Waals surface area contributed by atoms with Gasteiger partial charge in [-0.3, -0.25) is 4.79 Å². The number of ether oxygens (including phenoxy) is 2. The van der Waals surface area contributed by atoms with E-state index in [2.05, 4.69) is 10.6 Å². The predicted molar refractivity (Wildman–Crippen MR) is 105 cm³/mol. The van der Waals surface area contributed by atoms with Crippen molar-refractivity contribution < 1.29 is 18.7 Å². The maximum atomic E-state index is 12.8. The number of furan rings is 1. The lowest BCUT2D eigenvalue weighted by Crippen LogP contribution is -2.33. The molecule has 0 spiro atoms. The van der Waals surface area contributed by atoms with Gasteiger partial charge in [0.1, 0.15) is 11.3 Å². The summed E-state index contributed by atoms with van der Waals surface area (Å²) in [4.78, 5) is 12.8. The van der Waals surface area contributed by atoms with Crippen molar-refractivity contribution in [3.8, 4) is 16.9 Å². The Hall–Kier alpha value is -2.83. The van der Waals surface area contributed by atoms with E-state index >= 15 is 0 Å². The van der Waals surface area contributed by atoms with Crippen LogP contribution in [0.25, 0.3) is 22.1 Å². The van der Waals surface area contributed by atoms with Crippen LogP contribution < -0.4 is 15.4 Å². The number of fused-ring (bicyclic) bond motifs is 1. The van der Waals surface area contributed by atoms with E-state index in [1.54, 1.807) is 20.3 Å². The molecule has 0 atom stereocenters. The summed E-state index contributed by atoms with van der Waals surface area (Å²) in [5.41, 5.74) is 2.35. The molecular formula is C21H24N2O4. The summed E-state index contributed by atoms with van der Waals surface area (Å²) < 4.78 is 16.2. The fraction of sp³-hybridized carbons (Fsp3) is 0.286. The Morgan fingerprint density at radius 3 is 2.59 bits per heavy atom. The van der Waals surface area contributed by atoms with Gasteiger partial charge in [0.15, 0.2) is 0 Å². The number of hydrogen-bond donors (Lipinski definition) is 2. The Morgan fingerprint density at radius 1 is 1.04 bits per heavy atom. The summed E-state index contributed by atoms with van der Waals surface area (Å²) in [5, 5.41) is 6.98. The first-order valence-corrected chi connectivity index (χ1v) is 8.88. The van der Waals surface area contributed by atoms with E-state index in [4.69, 9.17) is 13.9 Å². The predicted octanol–water partition coefficient (Wildman–Crippen LogP) is 3.07. The molecule has 0 aliphatic rings. The van der Waals surface area contributed by atoms with Crippen molar-refractivity contribution in [1.29, 1.82) is 0 Å². The molecule has 0 bridgehead atoms. The van der Waals surface area contributed by atoms with E-state index in [-0.39, 0.29) is 5.91 Å². The van der Waals surface area contributed by atoms with Gasteiger partial charge in [0.2, 0.25) is 5.76 Å². The van der Waals surface area contributed by atoms with Crippen LogP contribution in [0, 0.1) is 0 Å². The lowest BCUT2D eigenvalue weighted by molar-refractivity contribution is 0.0929. The van der Waals surface area contributed by atoms with Crippen molar-refractivity contribution in [3.05, 3.63) is 54.3 Å². The molecule has 0 saturated carbocycles. The maximum absolute atomic E-state index is 12.8. The van der Waals surface area contributed by atoms with Gasteiger partial charge in [-0.2, -0.15) is 0 Å². The van der Waals surface area contributed by atoms with Gasteiger partial charge in [-0.05, 0) is 17.7 Å². The topological polar surface area (TPSA) is 72.7 Å². The summed E-state index contributed by atoms with van der Waals surface area (Å²) in [6.45, 7) is 2.53. The van der Waals surface area contributed by atoms with Gasteiger partial charge in [0.25, 0.3) is 5.91 Å². The van der Waals surface area contributed by atoms with Crippen LogP contribution in [0.4, 0.5) is 0 Å². The monoisotopic (exact) mass is 368 g/mol. The fourth-order valence-electron chi connectivity index (χ4n) is 2.90. The largest absolute Gasteiger partial charge is 0.497 e. The number of nitrogens with one attached hydrogen (secondary N) is 2. The van der Waals surface area contributed by atoms with Crippen LogP contribution in [0.1, 0.15) is 10.6 Å². The van der Waals surface area contributed by atoms with Gasteiger partial charge in [-0.25, -0.2) is 0 Å². The molecule has 3 aromatic rings. The van der Waals surface area contributed by atoms with Crippen molar-refractivity contribution >= 4 is 16.9 Å². The number of rotatable bonds is 9. The second kappa shape index (κ2) is 9.21. The minimum atomic E-state index is -0.238. The molecular weight excluding hydrogens is 344 g/mol. The van der Waals surface area contributed by atoms with Crippen LogP contribution >= 0.6 is 0 Å². The number of benzene rings is 2. The van der Waals surface area contributed by atoms with Crippen LogP contribution in [-0.2, 0) is 4.74 Å². The first-order chi connectivity index (χ1) is 13.2. The van der Waals surface area contributed by atoms with Crippen molar-refractivity contribution in [2.75, 3.05) is 40.5 Å². The van der Waals surface area contributed by atoms with E-state index < -0.39 is 0 Å². The van der Waals surface area contributed by atoms with E-state index in [1.807, 2.05) is 42.5 Å². The molecule has 0 saturated heterocycles. The average Bonchev–Trinajstić information content (AvgIpc) is 3.09. The van der Waals surface area contributed by atoms with Crippen LogP contribution in [0.15, 0.2) is 52.9 Å². The number of carbonyl (C=O) groups is 1. The van der Waals surface area contributed by atoms with Gasteiger partial charge in [-0.1, -0.05) is 30.3 Å². The Balaban J connectivity index is 1.86. The standard InChI is InChI=1S/C21H24N2O4/c1-25-13-12-22-10-11-23-21(24)20-19(15-6-4-3-5-7-15)17-9-8-16(26-2)14-18(17)27-20/h3-9,14,22H,10-13H2,1-2H3,(H,23,24). The lowest BCUT2D eigenvalue weighted by atomic mass is 10.0. The van der Waals surface area contributed by atoms with Gasteiger partial charge >= 0.3 is 0 Å². The molecule has 0 aliphatic heterocycles. The van der Waals surface area contributed by atoms with Gasteiger partial charge in [0.05, 0.1) is 13.7 Å². The summed E-state index contributed by atoms with van der Waals surface area (Å²) in [6.07, 6.45) is 0. The lowest BCUT2D eigenvalue weighted by Gasteiger charge is -2.07. The highest BCUT2D eigenvalue weighted by molar-refractivity contribution is 6.08. The zero-order valence-electron chi connectivity index (χ0n) is 15.6. The fourth-order valence-corrected chi connectivity index (χ4v) is 2.90. The minimum absolute atomic E-state index is 0.238. The molecule has 3 rings (SSSR count). The van der Waals surface area contributed by atoms with E-state index in [9.17, 15) is 4.79 Å².